The molecule has 1 N–H and O–H groups in total. The minimum atomic E-state index is -0.250. The molecule has 166 valence electrons. The molecule has 3 fully saturated rings. The quantitative estimate of drug-likeness (QED) is 0.740. The number of carbonyl (C=O) groups is 2. The van der Waals surface area contributed by atoms with Crippen molar-refractivity contribution in [2.75, 3.05) is 45.9 Å². The van der Waals surface area contributed by atoms with Crippen molar-refractivity contribution >= 4 is 12.4 Å². The number of piperazine rings is 1. The van der Waals surface area contributed by atoms with Gasteiger partial charge < -0.3 is 14.7 Å². The fourth-order valence-corrected chi connectivity index (χ4v) is 4.85. The molecule has 2 heterocycles. The summed E-state index contributed by atoms with van der Waals surface area (Å²) in [4.78, 5) is 28.0. The van der Waals surface area contributed by atoms with E-state index in [-0.39, 0.29) is 12.6 Å². The average molecular weight is 418 g/mol. The molecule has 0 aromatic heterocycles. The minimum Gasteiger partial charge on any atom is -0.483 e. The Bertz CT molecular complexity index is 651. The van der Waals surface area contributed by atoms with Crippen LogP contribution in [0.3, 0.4) is 0 Å². The van der Waals surface area contributed by atoms with Gasteiger partial charge in [-0.1, -0.05) is 43.2 Å². The molecule has 1 aromatic rings. The summed E-state index contributed by atoms with van der Waals surface area (Å²) in [5.41, 5.74) is 1.36. The summed E-state index contributed by atoms with van der Waals surface area (Å²) in [7, 11) is 0. The van der Waals surface area contributed by atoms with E-state index in [9.17, 15) is 4.79 Å². The van der Waals surface area contributed by atoms with Gasteiger partial charge in [0.15, 0.2) is 0 Å². The summed E-state index contributed by atoms with van der Waals surface area (Å²) in [5, 5.41) is 6.89. The molecule has 0 spiro atoms. The molecule has 1 amide bonds. The van der Waals surface area contributed by atoms with Crippen LogP contribution in [-0.4, -0.2) is 90.2 Å². The molecule has 1 saturated carbocycles. The molecule has 1 unspecified atom stereocenters. The van der Waals surface area contributed by atoms with E-state index < -0.39 is 0 Å². The summed E-state index contributed by atoms with van der Waals surface area (Å²) >= 11 is 0. The zero-order valence-corrected chi connectivity index (χ0v) is 17.8. The highest BCUT2D eigenvalue weighted by Crippen LogP contribution is 2.25. The predicted molar refractivity (Wildman–Crippen MR) is 115 cm³/mol. The SMILES string of the molecule is O=C1CN(CC2CN(Cc3ccccc3)CCCO2)CCN1C1CCCC1.O=CO. The van der Waals surface area contributed by atoms with Gasteiger partial charge in [0.1, 0.15) is 0 Å². The van der Waals surface area contributed by atoms with E-state index in [1.807, 2.05) is 0 Å². The van der Waals surface area contributed by atoms with Gasteiger partial charge in [0.25, 0.3) is 6.47 Å². The smallest absolute Gasteiger partial charge is 0.290 e. The minimum absolute atomic E-state index is 0.196. The lowest BCUT2D eigenvalue weighted by atomic mass is 10.1. The normalized spacial score (nSPS) is 24.2. The van der Waals surface area contributed by atoms with Crippen molar-refractivity contribution in [1.82, 2.24) is 14.7 Å². The zero-order chi connectivity index (χ0) is 21.2. The molecular formula is C23H35N3O4. The first-order valence-electron chi connectivity index (χ1n) is 11.2. The number of carboxylic acid groups (broad SMARTS) is 1. The Balaban J connectivity index is 0.000000806. The van der Waals surface area contributed by atoms with Crippen molar-refractivity contribution in [3.8, 4) is 0 Å². The van der Waals surface area contributed by atoms with Gasteiger partial charge in [-0.05, 0) is 24.8 Å². The van der Waals surface area contributed by atoms with Crippen molar-refractivity contribution in [2.24, 2.45) is 0 Å². The summed E-state index contributed by atoms with van der Waals surface area (Å²) in [6.07, 6.45) is 6.24. The maximum Gasteiger partial charge on any atom is 0.290 e. The summed E-state index contributed by atoms with van der Waals surface area (Å²) in [6, 6.07) is 11.2. The Morgan fingerprint density at radius 1 is 1.03 bits per heavy atom. The first kappa shape index (κ1) is 22.7. The lowest BCUT2D eigenvalue weighted by Crippen LogP contribution is -2.55. The highest BCUT2D eigenvalue weighted by atomic mass is 16.5. The first-order chi connectivity index (χ1) is 14.7. The van der Waals surface area contributed by atoms with Gasteiger partial charge in [-0.3, -0.25) is 19.4 Å². The lowest BCUT2D eigenvalue weighted by Gasteiger charge is -2.39. The number of hydrogen-bond acceptors (Lipinski definition) is 5. The summed E-state index contributed by atoms with van der Waals surface area (Å²) in [6.45, 7) is 6.90. The third-order valence-electron chi connectivity index (χ3n) is 6.25. The van der Waals surface area contributed by atoms with Crippen LogP contribution in [0.15, 0.2) is 30.3 Å². The maximum absolute atomic E-state index is 12.6. The third-order valence-corrected chi connectivity index (χ3v) is 6.25. The number of hydrogen-bond donors (Lipinski definition) is 1. The number of ether oxygens (including phenoxy) is 1. The van der Waals surface area contributed by atoms with Crippen LogP contribution in [0.2, 0.25) is 0 Å². The van der Waals surface area contributed by atoms with Crippen molar-refractivity contribution in [2.45, 2.75) is 50.8 Å². The molecule has 7 nitrogen and oxygen atoms in total. The van der Waals surface area contributed by atoms with Gasteiger partial charge in [-0.2, -0.15) is 0 Å². The molecular weight excluding hydrogens is 382 g/mol. The van der Waals surface area contributed by atoms with Crippen LogP contribution in [-0.2, 0) is 20.9 Å². The molecule has 1 aliphatic carbocycles. The van der Waals surface area contributed by atoms with Crippen LogP contribution in [0, 0.1) is 0 Å². The number of rotatable bonds is 5. The van der Waals surface area contributed by atoms with E-state index in [1.165, 1.54) is 31.2 Å². The summed E-state index contributed by atoms with van der Waals surface area (Å²) < 4.78 is 6.13. The van der Waals surface area contributed by atoms with Gasteiger partial charge >= 0.3 is 0 Å². The fourth-order valence-electron chi connectivity index (χ4n) is 4.85. The first-order valence-corrected chi connectivity index (χ1v) is 11.2. The van der Waals surface area contributed by atoms with E-state index in [2.05, 4.69) is 45.0 Å². The van der Waals surface area contributed by atoms with Gasteiger partial charge in [0, 0.05) is 51.9 Å². The van der Waals surface area contributed by atoms with E-state index in [0.29, 0.717) is 18.5 Å². The molecule has 1 atom stereocenters. The standard InChI is InChI=1S/C22H33N3O2.CH2O2/c26-22-18-24(12-13-25(22)20-9-4-5-10-20)17-21-16-23(11-6-14-27-21)15-19-7-2-1-3-8-19;2-1-3/h1-3,7-8,20-21H,4-6,9-18H2;1H,(H,2,3). The molecule has 30 heavy (non-hydrogen) atoms. The van der Waals surface area contributed by atoms with Crippen LogP contribution in [0.4, 0.5) is 0 Å². The van der Waals surface area contributed by atoms with Gasteiger partial charge in [-0.15, -0.1) is 0 Å². The fraction of sp³-hybridized carbons (Fsp3) is 0.652. The topological polar surface area (TPSA) is 73.3 Å². The third kappa shape index (κ3) is 6.79. The van der Waals surface area contributed by atoms with Crippen molar-refractivity contribution < 1.29 is 19.4 Å². The van der Waals surface area contributed by atoms with Crippen LogP contribution >= 0.6 is 0 Å². The number of benzene rings is 1. The molecule has 0 radical (unpaired) electrons. The maximum atomic E-state index is 12.6. The molecule has 3 aliphatic rings. The number of nitrogens with zero attached hydrogens (tertiary/aromatic N) is 3. The Morgan fingerprint density at radius 2 is 1.77 bits per heavy atom. The molecule has 7 heteroatoms. The van der Waals surface area contributed by atoms with Crippen molar-refractivity contribution in [3.05, 3.63) is 35.9 Å². The van der Waals surface area contributed by atoms with Crippen LogP contribution in [0.5, 0.6) is 0 Å². The van der Waals surface area contributed by atoms with Gasteiger partial charge in [0.2, 0.25) is 5.91 Å². The van der Waals surface area contributed by atoms with Crippen molar-refractivity contribution in [1.29, 1.82) is 0 Å². The number of amides is 1. The molecule has 2 aliphatic heterocycles. The second kappa shape index (κ2) is 12.0. The summed E-state index contributed by atoms with van der Waals surface area (Å²) in [5.74, 6) is 0.322. The van der Waals surface area contributed by atoms with Crippen molar-refractivity contribution in [3.63, 3.8) is 0 Å². The lowest BCUT2D eigenvalue weighted by molar-refractivity contribution is -0.139. The number of carbonyl (C=O) groups excluding carboxylic acids is 1. The molecule has 1 aromatic carbocycles. The Morgan fingerprint density at radius 3 is 2.47 bits per heavy atom. The van der Waals surface area contributed by atoms with Crippen LogP contribution in [0.25, 0.3) is 0 Å². The van der Waals surface area contributed by atoms with E-state index in [0.717, 1.165) is 52.3 Å². The highest BCUT2D eigenvalue weighted by Gasteiger charge is 2.32. The second-order valence-corrected chi connectivity index (χ2v) is 8.43. The van der Waals surface area contributed by atoms with Gasteiger partial charge in [0.05, 0.1) is 12.6 Å². The molecule has 2 saturated heterocycles. The van der Waals surface area contributed by atoms with E-state index >= 15 is 0 Å². The van der Waals surface area contributed by atoms with Gasteiger partial charge in [-0.25, -0.2) is 0 Å². The largest absolute Gasteiger partial charge is 0.483 e. The van der Waals surface area contributed by atoms with Crippen LogP contribution in [0.1, 0.15) is 37.7 Å². The Labute approximate surface area is 179 Å². The Kier molecular flexibility index (Phi) is 9.11. The zero-order valence-electron chi connectivity index (χ0n) is 17.8. The molecule has 4 rings (SSSR count). The highest BCUT2D eigenvalue weighted by molar-refractivity contribution is 5.79. The monoisotopic (exact) mass is 417 g/mol. The van der Waals surface area contributed by atoms with Crippen LogP contribution < -0.4 is 0 Å². The predicted octanol–water partition coefficient (Wildman–Crippen LogP) is 2.07. The molecule has 0 bridgehead atoms. The van der Waals surface area contributed by atoms with E-state index in [4.69, 9.17) is 14.6 Å². The Hall–Kier alpha value is -1.96. The second-order valence-electron chi connectivity index (χ2n) is 8.43. The average Bonchev–Trinajstić information content (AvgIpc) is 3.18. The van der Waals surface area contributed by atoms with E-state index in [1.54, 1.807) is 0 Å².